The molecular formula is C22H28N2O4S. The van der Waals surface area contributed by atoms with Crippen LogP contribution in [-0.4, -0.2) is 54.8 Å². The summed E-state index contributed by atoms with van der Waals surface area (Å²) < 4.78 is 26.4. The molecule has 2 aromatic rings. The van der Waals surface area contributed by atoms with Gasteiger partial charge >= 0.3 is 0 Å². The van der Waals surface area contributed by atoms with Crippen molar-refractivity contribution in [3.8, 4) is 5.75 Å². The van der Waals surface area contributed by atoms with Gasteiger partial charge in [-0.2, -0.15) is 4.31 Å². The van der Waals surface area contributed by atoms with Crippen LogP contribution in [0.5, 0.6) is 5.75 Å². The first kappa shape index (κ1) is 21.3. The molecule has 0 aromatic heterocycles. The van der Waals surface area contributed by atoms with E-state index in [0.717, 1.165) is 12.8 Å². The maximum Gasteiger partial charge on any atom is 0.253 e. The summed E-state index contributed by atoms with van der Waals surface area (Å²) in [5, 5.41) is 9.43. The Morgan fingerprint density at radius 2 is 1.59 bits per heavy atom. The Morgan fingerprint density at radius 3 is 2.10 bits per heavy atom. The summed E-state index contributed by atoms with van der Waals surface area (Å²) in [4.78, 5) is 14.8. The van der Waals surface area contributed by atoms with Gasteiger partial charge in [0.1, 0.15) is 5.75 Å². The van der Waals surface area contributed by atoms with E-state index in [0.29, 0.717) is 24.6 Å². The summed E-state index contributed by atoms with van der Waals surface area (Å²) in [6.07, 6.45) is 1.73. The van der Waals surface area contributed by atoms with Crippen molar-refractivity contribution in [3.05, 3.63) is 59.7 Å². The minimum Gasteiger partial charge on any atom is -0.508 e. The van der Waals surface area contributed by atoms with Gasteiger partial charge in [0.25, 0.3) is 5.91 Å². The number of aromatic hydroxyl groups is 1. The number of piperidine rings is 1. The number of hydrogen-bond acceptors (Lipinski definition) is 4. The molecule has 0 spiro atoms. The van der Waals surface area contributed by atoms with E-state index in [9.17, 15) is 18.3 Å². The fourth-order valence-electron chi connectivity index (χ4n) is 3.56. The van der Waals surface area contributed by atoms with Crippen molar-refractivity contribution in [1.82, 2.24) is 9.21 Å². The number of carbonyl (C=O) groups excluding carboxylic acids is 1. The van der Waals surface area contributed by atoms with Crippen molar-refractivity contribution < 1.29 is 18.3 Å². The topological polar surface area (TPSA) is 77.9 Å². The number of nitrogens with zero attached hydrogens (tertiary/aromatic N) is 2. The highest BCUT2D eigenvalue weighted by Gasteiger charge is 2.26. The average Bonchev–Trinajstić information content (AvgIpc) is 2.73. The van der Waals surface area contributed by atoms with Gasteiger partial charge < -0.3 is 10.0 Å². The molecule has 0 atom stereocenters. The zero-order valence-corrected chi connectivity index (χ0v) is 17.9. The number of hydrogen-bond donors (Lipinski definition) is 1. The van der Waals surface area contributed by atoms with Crippen LogP contribution in [0.4, 0.5) is 0 Å². The first-order valence-electron chi connectivity index (χ1n) is 9.86. The molecule has 1 heterocycles. The minimum atomic E-state index is -3.56. The molecule has 1 fully saturated rings. The molecule has 0 radical (unpaired) electrons. The third-order valence-electron chi connectivity index (χ3n) is 5.65. The second-order valence-electron chi connectivity index (χ2n) is 7.80. The minimum absolute atomic E-state index is 0.0738. The van der Waals surface area contributed by atoms with Gasteiger partial charge in [-0.25, -0.2) is 8.42 Å². The van der Waals surface area contributed by atoms with Crippen molar-refractivity contribution in [2.24, 2.45) is 0 Å². The highest BCUT2D eigenvalue weighted by Crippen LogP contribution is 2.29. The van der Waals surface area contributed by atoms with Gasteiger partial charge in [-0.1, -0.05) is 12.1 Å². The summed E-state index contributed by atoms with van der Waals surface area (Å²) in [5.41, 5.74) is 1.68. The summed E-state index contributed by atoms with van der Waals surface area (Å²) in [6, 6.07) is 13.3. The Bertz CT molecular complexity index is 945. The zero-order valence-electron chi connectivity index (χ0n) is 17.1. The van der Waals surface area contributed by atoms with Crippen LogP contribution in [0.2, 0.25) is 0 Å². The molecule has 156 valence electrons. The Balaban J connectivity index is 1.65. The number of phenolic OH excluding ortho intramolecular Hbond substituents is 1. The fourth-order valence-corrected chi connectivity index (χ4v) is 4.93. The molecule has 1 aliphatic rings. The number of amides is 1. The third kappa shape index (κ3) is 4.62. The van der Waals surface area contributed by atoms with Crippen LogP contribution in [0, 0.1) is 0 Å². The van der Waals surface area contributed by atoms with Crippen molar-refractivity contribution in [2.45, 2.75) is 43.5 Å². The molecule has 0 unspecified atom stereocenters. The molecule has 1 aliphatic heterocycles. The molecule has 7 heteroatoms. The molecule has 0 bridgehead atoms. The lowest BCUT2D eigenvalue weighted by atomic mass is 9.89. The van der Waals surface area contributed by atoms with Gasteiger partial charge in [0, 0.05) is 31.7 Å². The molecule has 6 nitrogen and oxygen atoms in total. The van der Waals surface area contributed by atoms with Gasteiger partial charge in [0.2, 0.25) is 10.0 Å². The molecule has 29 heavy (non-hydrogen) atoms. The van der Waals surface area contributed by atoms with Gasteiger partial charge in [-0.3, -0.25) is 4.79 Å². The van der Waals surface area contributed by atoms with Crippen LogP contribution in [0.1, 0.15) is 48.5 Å². The van der Waals surface area contributed by atoms with Crippen LogP contribution in [0.25, 0.3) is 0 Å². The Kier molecular flexibility index (Phi) is 6.29. The van der Waals surface area contributed by atoms with E-state index in [1.165, 1.54) is 22.0 Å². The zero-order chi connectivity index (χ0) is 21.2. The number of likely N-dealkylation sites (tertiary alicyclic amines) is 1. The predicted molar refractivity (Wildman–Crippen MR) is 113 cm³/mol. The predicted octanol–water partition coefficient (Wildman–Crippen LogP) is 3.44. The van der Waals surface area contributed by atoms with Crippen LogP contribution in [0.3, 0.4) is 0 Å². The first-order chi connectivity index (χ1) is 13.7. The van der Waals surface area contributed by atoms with E-state index < -0.39 is 10.0 Å². The van der Waals surface area contributed by atoms with E-state index in [2.05, 4.69) is 0 Å². The molecule has 0 aliphatic carbocycles. The maximum absolute atomic E-state index is 12.8. The van der Waals surface area contributed by atoms with Gasteiger partial charge in [-0.05, 0) is 74.6 Å². The smallest absolute Gasteiger partial charge is 0.253 e. The lowest BCUT2D eigenvalue weighted by Crippen LogP contribution is -2.38. The standard InChI is InChI=1S/C22H28N2O4S/c1-16(2)23(3)29(27,28)21-10-6-19(7-11-21)22(26)24-14-12-18(13-15-24)17-4-8-20(25)9-5-17/h4-11,16,18,25H,12-15H2,1-3H3. The number of benzene rings is 2. The van der Waals surface area contributed by atoms with Crippen molar-refractivity contribution >= 4 is 15.9 Å². The van der Waals surface area contributed by atoms with Crippen LogP contribution >= 0.6 is 0 Å². The molecular weight excluding hydrogens is 388 g/mol. The SMILES string of the molecule is CC(C)N(C)S(=O)(=O)c1ccc(C(=O)N2CCC(c3ccc(O)cc3)CC2)cc1. The van der Waals surface area contributed by atoms with E-state index in [1.54, 1.807) is 31.3 Å². The summed E-state index contributed by atoms with van der Waals surface area (Å²) in [6.45, 7) is 4.94. The fraction of sp³-hybridized carbons (Fsp3) is 0.409. The number of sulfonamides is 1. The van der Waals surface area contributed by atoms with Crippen molar-refractivity contribution in [2.75, 3.05) is 20.1 Å². The summed E-state index contributed by atoms with van der Waals surface area (Å²) in [5.74, 6) is 0.556. The Labute approximate surface area is 172 Å². The Hall–Kier alpha value is -2.38. The molecule has 3 rings (SSSR count). The maximum atomic E-state index is 12.8. The van der Waals surface area contributed by atoms with Gasteiger partial charge in [0.05, 0.1) is 4.90 Å². The van der Waals surface area contributed by atoms with Crippen molar-refractivity contribution in [3.63, 3.8) is 0 Å². The molecule has 1 saturated heterocycles. The largest absolute Gasteiger partial charge is 0.508 e. The van der Waals surface area contributed by atoms with Gasteiger partial charge in [-0.15, -0.1) is 0 Å². The summed E-state index contributed by atoms with van der Waals surface area (Å²) in [7, 11) is -2.00. The van der Waals surface area contributed by atoms with E-state index in [1.807, 2.05) is 30.9 Å². The monoisotopic (exact) mass is 416 g/mol. The molecule has 0 saturated carbocycles. The number of rotatable bonds is 5. The first-order valence-corrected chi connectivity index (χ1v) is 11.3. The second-order valence-corrected chi connectivity index (χ2v) is 9.79. The lowest BCUT2D eigenvalue weighted by Gasteiger charge is -2.32. The normalized spacial score (nSPS) is 15.8. The highest BCUT2D eigenvalue weighted by molar-refractivity contribution is 7.89. The van der Waals surface area contributed by atoms with E-state index >= 15 is 0 Å². The third-order valence-corrected chi connectivity index (χ3v) is 7.70. The highest BCUT2D eigenvalue weighted by atomic mass is 32.2. The molecule has 1 amide bonds. The van der Waals surface area contributed by atoms with E-state index in [-0.39, 0.29) is 22.6 Å². The number of phenols is 1. The second kappa shape index (κ2) is 8.55. The van der Waals surface area contributed by atoms with Crippen LogP contribution in [0.15, 0.2) is 53.4 Å². The quantitative estimate of drug-likeness (QED) is 0.810. The van der Waals surface area contributed by atoms with Crippen LogP contribution in [-0.2, 0) is 10.0 Å². The van der Waals surface area contributed by atoms with Crippen LogP contribution < -0.4 is 0 Å². The van der Waals surface area contributed by atoms with Gasteiger partial charge in [0.15, 0.2) is 0 Å². The van der Waals surface area contributed by atoms with E-state index in [4.69, 9.17) is 0 Å². The molecule has 2 aromatic carbocycles. The van der Waals surface area contributed by atoms with Crippen molar-refractivity contribution in [1.29, 1.82) is 0 Å². The lowest BCUT2D eigenvalue weighted by molar-refractivity contribution is 0.0713. The average molecular weight is 417 g/mol. The Morgan fingerprint density at radius 1 is 1.03 bits per heavy atom. The molecule has 1 N–H and O–H groups in total. The number of carbonyl (C=O) groups is 1. The summed E-state index contributed by atoms with van der Waals surface area (Å²) >= 11 is 0.